The van der Waals surface area contributed by atoms with Crippen LogP contribution in [0.2, 0.25) is 0 Å². The zero-order chi connectivity index (χ0) is 23.8. The first-order chi connectivity index (χ1) is 16.5. The number of hydrogen-bond donors (Lipinski definition) is 0. The molecule has 34 heavy (non-hydrogen) atoms. The quantitative estimate of drug-likeness (QED) is 0.273. The van der Waals surface area contributed by atoms with Gasteiger partial charge in [0.2, 0.25) is 5.78 Å². The van der Waals surface area contributed by atoms with Gasteiger partial charge in [-0.1, -0.05) is 54.2 Å². The molecule has 3 aromatic carbocycles. The van der Waals surface area contributed by atoms with Gasteiger partial charge in [-0.2, -0.15) is 0 Å². The Labute approximate surface area is 200 Å². The predicted octanol–water partition coefficient (Wildman–Crippen LogP) is 4.73. The molecule has 0 radical (unpaired) electrons. The van der Waals surface area contributed by atoms with E-state index in [0.717, 1.165) is 27.9 Å². The van der Waals surface area contributed by atoms with Crippen molar-refractivity contribution in [3.8, 4) is 5.69 Å². The summed E-state index contributed by atoms with van der Waals surface area (Å²) in [6, 6.07) is 20.8. The van der Waals surface area contributed by atoms with E-state index in [0.29, 0.717) is 27.6 Å². The first-order valence-corrected chi connectivity index (χ1v) is 11.7. The molecule has 2 heterocycles. The van der Waals surface area contributed by atoms with Crippen LogP contribution in [0.15, 0.2) is 76.7 Å². The fraction of sp³-hybridized carbons (Fsp3) is 0.154. The van der Waals surface area contributed by atoms with Crippen molar-refractivity contribution < 1.29 is 9.53 Å². The van der Waals surface area contributed by atoms with Gasteiger partial charge in [0.25, 0.3) is 5.56 Å². The lowest BCUT2D eigenvalue weighted by atomic mass is 10.1. The molecule has 0 unspecified atom stereocenters. The average molecular weight is 471 g/mol. The number of para-hydroxylation sites is 2. The first kappa shape index (κ1) is 21.9. The second kappa shape index (κ2) is 8.79. The molecule has 2 aromatic heterocycles. The molecule has 0 spiro atoms. The van der Waals surface area contributed by atoms with Crippen molar-refractivity contribution in [1.82, 2.24) is 19.2 Å². The number of rotatable bonds is 5. The molecule has 0 aliphatic carbocycles. The van der Waals surface area contributed by atoms with Gasteiger partial charge in [-0.15, -0.1) is 10.2 Å². The molecule has 7 nitrogen and oxygen atoms in total. The minimum absolute atomic E-state index is 0.122. The van der Waals surface area contributed by atoms with E-state index < -0.39 is 0 Å². The van der Waals surface area contributed by atoms with Crippen LogP contribution >= 0.6 is 11.8 Å². The topological polar surface area (TPSA) is 78.5 Å². The Balaban J connectivity index is 1.63. The van der Waals surface area contributed by atoms with Crippen LogP contribution in [0, 0.1) is 13.8 Å². The highest BCUT2D eigenvalue weighted by Gasteiger charge is 2.20. The van der Waals surface area contributed by atoms with E-state index in [9.17, 15) is 9.59 Å². The second-order valence-electron chi connectivity index (χ2n) is 7.99. The lowest BCUT2D eigenvalue weighted by molar-refractivity contribution is 0.0600. The van der Waals surface area contributed by atoms with E-state index in [1.165, 1.54) is 18.9 Å². The van der Waals surface area contributed by atoms with E-state index >= 15 is 0 Å². The Morgan fingerprint density at radius 3 is 2.35 bits per heavy atom. The van der Waals surface area contributed by atoms with E-state index in [4.69, 9.17) is 4.74 Å². The summed E-state index contributed by atoms with van der Waals surface area (Å²) in [4.78, 5) is 25.3. The molecule has 0 aliphatic rings. The van der Waals surface area contributed by atoms with Crippen LogP contribution in [0.25, 0.3) is 22.4 Å². The Kier molecular flexibility index (Phi) is 5.67. The third-order valence-electron chi connectivity index (χ3n) is 5.80. The van der Waals surface area contributed by atoms with E-state index in [1.54, 1.807) is 16.7 Å². The number of aromatic nitrogens is 4. The molecule has 0 bridgehead atoms. The van der Waals surface area contributed by atoms with Gasteiger partial charge in [-0.25, -0.2) is 9.36 Å². The third kappa shape index (κ3) is 3.66. The standard InChI is InChI=1S/C26H22N4O3S/c1-16-7-6-8-17(2)22(16)30-23(31)20-9-4-5-10-21(20)29-25(30)27-28-26(29)34-15-18-11-13-19(14-12-18)24(32)33-3/h4-14H,15H2,1-3H3. The number of fused-ring (bicyclic) bond motifs is 3. The Morgan fingerprint density at radius 2 is 1.65 bits per heavy atom. The number of methoxy groups -OCH3 is 1. The molecular formula is C26H22N4O3S. The molecule has 0 saturated carbocycles. The molecule has 0 amide bonds. The maximum Gasteiger partial charge on any atom is 0.337 e. The number of esters is 1. The number of carbonyl (C=O) groups is 1. The molecule has 170 valence electrons. The fourth-order valence-corrected chi connectivity index (χ4v) is 5.03. The normalized spacial score (nSPS) is 11.3. The highest BCUT2D eigenvalue weighted by molar-refractivity contribution is 7.98. The molecule has 5 rings (SSSR count). The highest BCUT2D eigenvalue weighted by Crippen LogP contribution is 2.27. The van der Waals surface area contributed by atoms with E-state index in [2.05, 4.69) is 10.2 Å². The summed E-state index contributed by atoms with van der Waals surface area (Å²) in [6.07, 6.45) is 0. The van der Waals surface area contributed by atoms with Gasteiger partial charge in [0.05, 0.1) is 29.3 Å². The summed E-state index contributed by atoms with van der Waals surface area (Å²) in [5.74, 6) is 0.738. The van der Waals surface area contributed by atoms with Crippen LogP contribution in [0.3, 0.4) is 0 Å². The smallest absolute Gasteiger partial charge is 0.337 e. The van der Waals surface area contributed by atoms with Gasteiger partial charge in [-0.05, 0) is 54.8 Å². The molecule has 8 heteroatoms. The number of carbonyl (C=O) groups excluding carboxylic acids is 1. The number of benzene rings is 3. The van der Waals surface area contributed by atoms with Crippen LogP contribution in [-0.2, 0) is 10.5 Å². The van der Waals surface area contributed by atoms with E-state index in [1.807, 2.05) is 72.8 Å². The maximum atomic E-state index is 13.6. The first-order valence-electron chi connectivity index (χ1n) is 10.7. The molecular weight excluding hydrogens is 448 g/mol. The maximum absolute atomic E-state index is 13.6. The summed E-state index contributed by atoms with van der Waals surface area (Å²) < 4.78 is 8.37. The molecule has 0 N–H and O–H groups in total. The van der Waals surface area contributed by atoms with Gasteiger partial charge in [0.1, 0.15) is 0 Å². The summed E-state index contributed by atoms with van der Waals surface area (Å²) in [5.41, 5.74) is 4.98. The van der Waals surface area contributed by atoms with Gasteiger partial charge < -0.3 is 4.74 Å². The summed E-state index contributed by atoms with van der Waals surface area (Å²) in [6.45, 7) is 3.98. The van der Waals surface area contributed by atoms with Crippen molar-refractivity contribution >= 4 is 34.4 Å². The van der Waals surface area contributed by atoms with Crippen LogP contribution in [0.5, 0.6) is 0 Å². The van der Waals surface area contributed by atoms with Crippen molar-refractivity contribution in [2.45, 2.75) is 24.8 Å². The fourth-order valence-electron chi connectivity index (χ4n) is 4.13. The van der Waals surface area contributed by atoms with Gasteiger partial charge in [-0.3, -0.25) is 9.20 Å². The van der Waals surface area contributed by atoms with Gasteiger partial charge in [0, 0.05) is 5.75 Å². The van der Waals surface area contributed by atoms with Crippen molar-refractivity contribution in [2.75, 3.05) is 7.11 Å². The lowest BCUT2D eigenvalue weighted by Gasteiger charge is -2.15. The van der Waals surface area contributed by atoms with Crippen molar-refractivity contribution in [1.29, 1.82) is 0 Å². The SMILES string of the molecule is COC(=O)c1ccc(CSc2nnc3n(-c4c(C)cccc4C)c(=O)c4ccccc4n23)cc1. The number of ether oxygens (including phenoxy) is 1. The minimum Gasteiger partial charge on any atom is -0.465 e. The van der Waals surface area contributed by atoms with E-state index in [-0.39, 0.29) is 11.5 Å². The van der Waals surface area contributed by atoms with Crippen LogP contribution in [-0.4, -0.2) is 32.2 Å². The molecule has 0 fully saturated rings. The predicted molar refractivity (Wildman–Crippen MR) is 133 cm³/mol. The second-order valence-corrected chi connectivity index (χ2v) is 8.94. The summed E-state index contributed by atoms with van der Waals surface area (Å²) >= 11 is 1.52. The molecule has 0 saturated heterocycles. The number of thioether (sulfide) groups is 1. The molecule has 5 aromatic rings. The largest absolute Gasteiger partial charge is 0.465 e. The van der Waals surface area contributed by atoms with Crippen LogP contribution in [0.1, 0.15) is 27.0 Å². The lowest BCUT2D eigenvalue weighted by Crippen LogP contribution is -2.23. The number of aryl methyl sites for hydroxylation is 2. The Morgan fingerprint density at radius 1 is 0.941 bits per heavy atom. The summed E-state index contributed by atoms with van der Waals surface area (Å²) in [5, 5.41) is 10.2. The Hall–Kier alpha value is -3.91. The zero-order valence-electron chi connectivity index (χ0n) is 19.0. The van der Waals surface area contributed by atoms with Crippen molar-refractivity contribution in [3.05, 3.63) is 99.3 Å². The van der Waals surface area contributed by atoms with Crippen LogP contribution < -0.4 is 5.56 Å². The average Bonchev–Trinajstić information content (AvgIpc) is 3.28. The van der Waals surface area contributed by atoms with Crippen LogP contribution in [0.4, 0.5) is 0 Å². The highest BCUT2D eigenvalue weighted by atomic mass is 32.2. The summed E-state index contributed by atoms with van der Waals surface area (Å²) in [7, 11) is 1.37. The third-order valence-corrected chi connectivity index (χ3v) is 6.80. The zero-order valence-corrected chi connectivity index (χ0v) is 19.8. The number of hydrogen-bond acceptors (Lipinski definition) is 6. The molecule has 0 aliphatic heterocycles. The minimum atomic E-state index is -0.362. The van der Waals surface area contributed by atoms with Gasteiger partial charge >= 0.3 is 5.97 Å². The van der Waals surface area contributed by atoms with Gasteiger partial charge in [0.15, 0.2) is 5.16 Å². The van der Waals surface area contributed by atoms with Crippen molar-refractivity contribution in [2.24, 2.45) is 0 Å². The number of nitrogens with zero attached hydrogens (tertiary/aromatic N) is 4. The van der Waals surface area contributed by atoms with Crippen molar-refractivity contribution in [3.63, 3.8) is 0 Å². The molecule has 0 atom stereocenters. The monoisotopic (exact) mass is 470 g/mol. The Bertz CT molecular complexity index is 1580.